The first-order valence-corrected chi connectivity index (χ1v) is 11.7. The highest BCUT2D eigenvalue weighted by atomic mass is 32.2. The lowest BCUT2D eigenvalue weighted by Crippen LogP contribution is -2.35. The summed E-state index contributed by atoms with van der Waals surface area (Å²) in [6.45, 7) is 4.49. The number of rotatable bonds is 3. The van der Waals surface area contributed by atoms with Gasteiger partial charge in [-0.1, -0.05) is 19.3 Å². The maximum Gasteiger partial charge on any atom is 0.289 e. The van der Waals surface area contributed by atoms with Crippen LogP contribution in [-0.4, -0.2) is 49.7 Å². The SMILES string of the molecule is Cc1c(C(=O)N2CCCCCC2)oc2ccc(S(=O)(=O)N3CCCCC3)cc12. The second-order valence-electron chi connectivity index (χ2n) is 7.89. The third-order valence-corrected chi connectivity index (χ3v) is 7.84. The summed E-state index contributed by atoms with van der Waals surface area (Å²) in [7, 11) is -3.51. The molecule has 28 heavy (non-hydrogen) atoms. The van der Waals surface area contributed by atoms with Gasteiger partial charge in [-0.25, -0.2) is 8.42 Å². The Morgan fingerprint density at radius 2 is 1.54 bits per heavy atom. The molecule has 1 aromatic heterocycles. The smallest absolute Gasteiger partial charge is 0.289 e. The van der Waals surface area contributed by atoms with Crippen LogP contribution in [0, 0.1) is 6.92 Å². The lowest BCUT2D eigenvalue weighted by molar-refractivity contribution is 0.0731. The van der Waals surface area contributed by atoms with E-state index in [9.17, 15) is 13.2 Å². The number of piperidine rings is 1. The van der Waals surface area contributed by atoms with E-state index in [1.165, 1.54) is 0 Å². The van der Waals surface area contributed by atoms with Crippen LogP contribution in [-0.2, 0) is 10.0 Å². The Kier molecular flexibility index (Phi) is 5.47. The normalized spacial score (nSPS) is 19.7. The maximum atomic E-state index is 13.0. The number of benzene rings is 1. The van der Waals surface area contributed by atoms with Crippen LogP contribution in [0.4, 0.5) is 0 Å². The highest BCUT2D eigenvalue weighted by Crippen LogP contribution is 2.30. The van der Waals surface area contributed by atoms with Crippen molar-refractivity contribution in [3.63, 3.8) is 0 Å². The van der Waals surface area contributed by atoms with Crippen LogP contribution in [0.3, 0.4) is 0 Å². The van der Waals surface area contributed by atoms with Crippen LogP contribution >= 0.6 is 0 Å². The van der Waals surface area contributed by atoms with Crippen LogP contribution in [0.2, 0.25) is 0 Å². The van der Waals surface area contributed by atoms with Gasteiger partial charge in [0.05, 0.1) is 4.90 Å². The standard InChI is InChI=1S/C21H28N2O4S/c1-16-18-15-17(28(25,26)23-13-7-4-8-14-23)9-10-19(18)27-20(16)21(24)22-11-5-2-3-6-12-22/h9-10,15H,2-8,11-14H2,1H3. The Balaban J connectivity index is 1.67. The van der Waals surface area contributed by atoms with Gasteiger partial charge in [-0.3, -0.25) is 4.79 Å². The van der Waals surface area contributed by atoms with Crippen LogP contribution in [0.5, 0.6) is 0 Å². The first kappa shape index (κ1) is 19.5. The highest BCUT2D eigenvalue weighted by molar-refractivity contribution is 7.89. The molecule has 2 aliphatic heterocycles. The van der Waals surface area contributed by atoms with Crippen molar-refractivity contribution in [2.24, 2.45) is 0 Å². The zero-order valence-electron chi connectivity index (χ0n) is 16.4. The average molecular weight is 405 g/mol. The first-order chi connectivity index (χ1) is 13.5. The second-order valence-corrected chi connectivity index (χ2v) is 9.82. The molecule has 0 saturated carbocycles. The molecule has 0 radical (unpaired) electrons. The van der Waals surface area contributed by atoms with E-state index in [1.54, 1.807) is 22.5 Å². The minimum atomic E-state index is -3.51. The van der Waals surface area contributed by atoms with E-state index in [0.29, 0.717) is 29.8 Å². The van der Waals surface area contributed by atoms with Crippen molar-refractivity contribution >= 4 is 26.9 Å². The molecule has 0 N–H and O–H groups in total. The number of sulfonamides is 1. The van der Waals surface area contributed by atoms with Gasteiger partial charge in [0.25, 0.3) is 5.91 Å². The summed E-state index contributed by atoms with van der Waals surface area (Å²) in [6, 6.07) is 4.94. The molecule has 3 heterocycles. The van der Waals surface area contributed by atoms with Crippen molar-refractivity contribution < 1.29 is 17.6 Å². The van der Waals surface area contributed by atoms with E-state index in [0.717, 1.165) is 63.6 Å². The van der Waals surface area contributed by atoms with Gasteiger partial charge in [0.1, 0.15) is 5.58 Å². The Morgan fingerprint density at radius 3 is 2.21 bits per heavy atom. The molecule has 4 rings (SSSR count). The molecule has 0 bridgehead atoms. The zero-order chi connectivity index (χ0) is 19.7. The first-order valence-electron chi connectivity index (χ1n) is 10.3. The number of nitrogens with zero attached hydrogens (tertiary/aromatic N) is 2. The predicted molar refractivity (Wildman–Crippen MR) is 108 cm³/mol. The van der Waals surface area contributed by atoms with Crippen molar-refractivity contribution in [2.75, 3.05) is 26.2 Å². The molecule has 1 amide bonds. The number of hydrogen-bond acceptors (Lipinski definition) is 4. The lowest BCUT2D eigenvalue weighted by atomic mass is 10.1. The molecule has 7 heteroatoms. The molecule has 2 saturated heterocycles. The molecule has 2 aromatic rings. The van der Waals surface area contributed by atoms with E-state index in [4.69, 9.17) is 4.42 Å². The van der Waals surface area contributed by atoms with Crippen LogP contribution in [0.25, 0.3) is 11.0 Å². The predicted octanol–water partition coefficient (Wildman–Crippen LogP) is 3.93. The van der Waals surface area contributed by atoms with E-state index in [-0.39, 0.29) is 10.8 Å². The molecule has 1 aromatic carbocycles. The molecule has 152 valence electrons. The fraction of sp³-hybridized carbons (Fsp3) is 0.571. The third-order valence-electron chi connectivity index (χ3n) is 5.95. The molecule has 0 atom stereocenters. The summed E-state index contributed by atoms with van der Waals surface area (Å²) in [5.74, 6) is 0.250. The van der Waals surface area contributed by atoms with E-state index in [2.05, 4.69) is 0 Å². The fourth-order valence-corrected chi connectivity index (χ4v) is 5.78. The number of aryl methyl sites for hydroxylation is 1. The van der Waals surface area contributed by atoms with Gasteiger partial charge in [0, 0.05) is 37.1 Å². The Morgan fingerprint density at radius 1 is 0.929 bits per heavy atom. The van der Waals surface area contributed by atoms with Gasteiger partial charge in [-0.05, 0) is 50.8 Å². The Bertz CT molecular complexity index is 966. The number of fused-ring (bicyclic) bond motifs is 1. The number of carbonyl (C=O) groups is 1. The summed E-state index contributed by atoms with van der Waals surface area (Å²) in [6.07, 6.45) is 7.23. The van der Waals surface area contributed by atoms with Crippen molar-refractivity contribution in [3.8, 4) is 0 Å². The minimum Gasteiger partial charge on any atom is -0.451 e. The molecular weight excluding hydrogens is 376 g/mol. The van der Waals surface area contributed by atoms with Crippen LogP contribution in [0.1, 0.15) is 61.1 Å². The van der Waals surface area contributed by atoms with Gasteiger partial charge in [-0.2, -0.15) is 4.31 Å². The summed E-state index contributed by atoms with van der Waals surface area (Å²) < 4.78 is 33.4. The summed E-state index contributed by atoms with van der Waals surface area (Å²) in [4.78, 5) is 15.1. The van der Waals surface area contributed by atoms with Gasteiger partial charge in [0.2, 0.25) is 10.0 Å². The van der Waals surface area contributed by atoms with Crippen molar-refractivity contribution in [1.29, 1.82) is 0 Å². The van der Waals surface area contributed by atoms with Crippen molar-refractivity contribution in [1.82, 2.24) is 9.21 Å². The molecule has 0 aliphatic carbocycles. The number of furan rings is 1. The summed E-state index contributed by atoms with van der Waals surface area (Å²) in [5.41, 5.74) is 1.29. The number of amides is 1. The highest BCUT2D eigenvalue weighted by Gasteiger charge is 2.28. The number of carbonyl (C=O) groups excluding carboxylic acids is 1. The van der Waals surface area contributed by atoms with Crippen LogP contribution < -0.4 is 0 Å². The quantitative estimate of drug-likeness (QED) is 0.777. The zero-order valence-corrected chi connectivity index (χ0v) is 17.3. The van der Waals surface area contributed by atoms with E-state index in [1.807, 2.05) is 11.8 Å². The molecule has 6 nitrogen and oxygen atoms in total. The molecule has 2 aliphatic rings. The summed E-state index contributed by atoms with van der Waals surface area (Å²) in [5, 5.41) is 0.705. The fourth-order valence-electron chi connectivity index (χ4n) is 4.24. The van der Waals surface area contributed by atoms with Crippen molar-refractivity contribution in [3.05, 3.63) is 29.5 Å². The third kappa shape index (κ3) is 3.57. The topological polar surface area (TPSA) is 70.8 Å². The van der Waals surface area contributed by atoms with Crippen molar-refractivity contribution in [2.45, 2.75) is 56.8 Å². The molecule has 0 unspecified atom stereocenters. The van der Waals surface area contributed by atoms with Crippen LogP contribution in [0.15, 0.2) is 27.5 Å². The average Bonchev–Trinajstić information content (AvgIpc) is 2.89. The lowest BCUT2D eigenvalue weighted by Gasteiger charge is -2.25. The molecule has 2 fully saturated rings. The monoisotopic (exact) mass is 404 g/mol. The Labute approximate surface area is 166 Å². The van der Waals surface area contributed by atoms with Gasteiger partial charge < -0.3 is 9.32 Å². The minimum absolute atomic E-state index is 0.0870. The Hall–Kier alpha value is -1.86. The maximum absolute atomic E-state index is 13.0. The van der Waals surface area contributed by atoms with E-state index >= 15 is 0 Å². The second kappa shape index (κ2) is 7.87. The van der Waals surface area contributed by atoms with E-state index < -0.39 is 10.0 Å². The number of hydrogen-bond donors (Lipinski definition) is 0. The largest absolute Gasteiger partial charge is 0.451 e. The molecule has 0 spiro atoms. The van der Waals surface area contributed by atoms with Gasteiger partial charge in [-0.15, -0.1) is 0 Å². The molecular formula is C21H28N2O4S. The number of likely N-dealkylation sites (tertiary alicyclic amines) is 1. The summed E-state index contributed by atoms with van der Waals surface area (Å²) >= 11 is 0. The van der Waals surface area contributed by atoms with Gasteiger partial charge >= 0.3 is 0 Å². The van der Waals surface area contributed by atoms with Gasteiger partial charge in [0.15, 0.2) is 5.76 Å².